The molecule has 2 aliphatic rings. The van der Waals surface area contributed by atoms with Gasteiger partial charge in [-0.25, -0.2) is 13.8 Å². The molecule has 6 rings (SSSR count). The van der Waals surface area contributed by atoms with Crippen LogP contribution in [0, 0.1) is 28.9 Å². The molecule has 11 heteroatoms. The monoisotopic (exact) mass is 587 g/mol. The highest BCUT2D eigenvalue weighted by Crippen LogP contribution is 2.40. The molecule has 0 radical (unpaired) electrons. The average molecular weight is 588 g/mol. The summed E-state index contributed by atoms with van der Waals surface area (Å²) in [5.41, 5.74) is 9.67. The number of nitriles is 1. The highest BCUT2D eigenvalue weighted by Gasteiger charge is 2.36. The molecular formula is C32H35F2N7O2. The standard InChI is InChI=1S/C32H35F2N7O2/c1-19-13-22(16-27(36)31(19)43-10-2-8-35)24-5-9-37-18-29(24)39-32-38-17-23-3-4-28(40-41(23)32)30-25(33)14-21(15-26(30)34)20-6-11-42-12-7-20/h3-5,9,14-15,17-20,22,27,31H,2,6-7,10-13,16,36H2,1H3,(H,38,39)/t19-,22+,27+,31-/m0/s1. The number of benzene rings is 1. The van der Waals surface area contributed by atoms with Gasteiger partial charge in [0.1, 0.15) is 11.6 Å². The first-order valence-corrected chi connectivity index (χ1v) is 14.8. The Labute approximate surface area is 249 Å². The summed E-state index contributed by atoms with van der Waals surface area (Å²) in [6.45, 7) is 3.68. The molecule has 4 heterocycles. The first-order chi connectivity index (χ1) is 20.9. The fraction of sp³-hybridized carbons (Fsp3) is 0.438. The first kappa shape index (κ1) is 29.1. The minimum atomic E-state index is -0.643. The number of hydrogen-bond donors (Lipinski definition) is 2. The van der Waals surface area contributed by atoms with Crippen LogP contribution in [0.2, 0.25) is 0 Å². The molecule has 3 aromatic heterocycles. The normalized spacial score (nSPS) is 22.9. The fourth-order valence-electron chi connectivity index (χ4n) is 6.54. The van der Waals surface area contributed by atoms with Crippen molar-refractivity contribution in [2.24, 2.45) is 11.7 Å². The lowest BCUT2D eigenvalue weighted by Gasteiger charge is -2.39. The Kier molecular flexibility index (Phi) is 8.61. The highest BCUT2D eigenvalue weighted by molar-refractivity contribution is 5.66. The zero-order valence-electron chi connectivity index (χ0n) is 24.0. The number of hydrogen-bond acceptors (Lipinski definition) is 8. The highest BCUT2D eigenvalue weighted by atomic mass is 19.1. The van der Waals surface area contributed by atoms with Crippen LogP contribution in [-0.2, 0) is 9.47 Å². The van der Waals surface area contributed by atoms with Crippen molar-refractivity contribution in [1.82, 2.24) is 19.6 Å². The third kappa shape index (κ3) is 6.09. The van der Waals surface area contributed by atoms with Gasteiger partial charge in [0.15, 0.2) is 0 Å². The largest absolute Gasteiger partial charge is 0.381 e. The van der Waals surface area contributed by atoms with Crippen molar-refractivity contribution in [3.8, 4) is 17.3 Å². The maximum absolute atomic E-state index is 15.4. The molecule has 1 saturated heterocycles. The van der Waals surface area contributed by atoms with Crippen LogP contribution < -0.4 is 11.1 Å². The molecule has 0 unspecified atom stereocenters. The third-order valence-corrected chi connectivity index (χ3v) is 8.66. The van der Waals surface area contributed by atoms with Crippen LogP contribution in [0.25, 0.3) is 16.8 Å². The molecule has 1 saturated carbocycles. The second-order valence-electron chi connectivity index (χ2n) is 11.5. The predicted octanol–water partition coefficient (Wildman–Crippen LogP) is 5.85. The van der Waals surface area contributed by atoms with Crippen molar-refractivity contribution in [2.45, 2.75) is 63.0 Å². The Morgan fingerprint density at radius 2 is 1.91 bits per heavy atom. The van der Waals surface area contributed by atoms with E-state index in [2.05, 4.69) is 33.4 Å². The summed E-state index contributed by atoms with van der Waals surface area (Å²) in [7, 11) is 0. The van der Waals surface area contributed by atoms with Gasteiger partial charge in [0.25, 0.3) is 0 Å². The van der Waals surface area contributed by atoms with Crippen LogP contribution in [0.15, 0.2) is 48.9 Å². The molecule has 2 fully saturated rings. The SMILES string of the molecule is C[C@H]1C[C@@H](c2ccncc2Nc2ncc3ccc(-c4c(F)cc(C5CCOCC5)cc4F)nn23)C[C@@H](N)[C@H]1OCCC#N. The number of nitrogens with one attached hydrogen (secondary N) is 1. The summed E-state index contributed by atoms with van der Waals surface area (Å²) in [6.07, 6.45) is 8.43. The van der Waals surface area contributed by atoms with Crippen LogP contribution in [0.5, 0.6) is 0 Å². The van der Waals surface area contributed by atoms with E-state index in [-0.39, 0.29) is 41.2 Å². The Balaban J connectivity index is 1.26. The lowest BCUT2D eigenvalue weighted by Crippen LogP contribution is -2.46. The van der Waals surface area contributed by atoms with Gasteiger partial charge < -0.3 is 20.5 Å². The molecule has 4 aromatic rings. The van der Waals surface area contributed by atoms with Crippen molar-refractivity contribution in [3.05, 3.63) is 71.7 Å². The Hall–Kier alpha value is -3.98. The Morgan fingerprint density at radius 3 is 2.65 bits per heavy atom. The zero-order chi connectivity index (χ0) is 29.9. The number of halogens is 2. The smallest absolute Gasteiger partial charge is 0.229 e. The number of imidazole rings is 1. The van der Waals surface area contributed by atoms with Gasteiger partial charge in [0.05, 0.1) is 60.1 Å². The first-order valence-electron chi connectivity index (χ1n) is 14.8. The summed E-state index contributed by atoms with van der Waals surface area (Å²) in [6, 6.07) is 10.1. The summed E-state index contributed by atoms with van der Waals surface area (Å²) in [4.78, 5) is 8.83. The number of ether oxygens (including phenoxy) is 2. The Bertz CT molecular complexity index is 1600. The van der Waals surface area contributed by atoms with E-state index < -0.39 is 11.6 Å². The molecule has 43 heavy (non-hydrogen) atoms. The Morgan fingerprint density at radius 1 is 1.12 bits per heavy atom. The van der Waals surface area contributed by atoms with Gasteiger partial charge in [-0.15, -0.1) is 0 Å². The number of fused-ring (bicyclic) bond motifs is 1. The maximum atomic E-state index is 15.4. The molecular weight excluding hydrogens is 552 g/mol. The van der Waals surface area contributed by atoms with Gasteiger partial charge in [0, 0.05) is 25.5 Å². The van der Waals surface area contributed by atoms with Gasteiger partial charge in [0.2, 0.25) is 5.95 Å². The van der Waals surface area contributed by atoms with Crippen LogP contribution in [0.3, 0.4) is 0 Å². The second kappa shape index (κ2) is 12.7. The average Bonchev–Trinajstić information content (AvgIpc) is 3.40. The topological polar surface area (TPSA) is 123 Å². The fourth-order valence-corrected chi connectivity index (χ4v) is 6.54. The molecule has 1 aromatic carbocycles. The van der Waals surface area contributed by atoms with Crippen molar-refractivity contribution in [2.75, 3.05) is 25.1 Å². The van der Waals surface area contributed by atoms with E-state index in [0.717, 1.165) is 30.5 Å². The van der Waals surface area contributed by atoms with Gasteiger partial charge in [-0.1, -0.05) is 6.92 Å². The predicted molar refractivity (Wildman–Crippen MR) is 158 cm³/mol. The molecule has 4 atom stereocenters. The van der Waals surface area contributed by atoms with Crippen LogP contribution in [-0.4, -0.2) is 51.5 Å². The maximum Gasteiger partial charge on any atom is 0.229 e. The second-order valence-corrected chi connectivity index (χ2v) is 11.5. The van der Waals surface area contributed by atoms with Crippen molar-refractivity contribution in [1.29, 1.82) is 5.26 Å². The minimum absolute atomic E-state index is 0.0732. The van der Waals surface area contributed by atoms with Gasteiger partial charge in [-0.3, -0.25) is 4.98 Å². The number of rotatable bonds is 8. The zero-order valence-corrected chi connectivity index (χ0v) is 24.0. The third-order valence-electron chi connectivity index (χ3n) is 8.66. The number of anilines is 2. The van der Waals surface area contributed by atoms with E-state index in [9.17, 15) is 0 Å². The molecule has 0 bridgehead atoms. The van der Waals surface area contributed by atoms with E-state index in [0.29, 0.717) is 49.7 Å². The molecule has 0 spiro atoms. The van der Waals surface area contributed by atoms with Crippen LogP contribution in [0.4, 0.5) is 20.4 Å². The van der Waals surface area contributed by atoms with Crippen molar-refractivity contribution in [3.63, 3.8) is 0 Å². The number of nitrogens with zero attached hydrogens (tertiary/aromatic N) is 5. The van der Waals surface area contributed by atoms with E-state index in [4.69, 9.17) is 20.5 Å². The summed E-state index contributed by atoms with van der Waals surface area (Å²) in [5, 5.41) is 16.8. The van der Waals surface area contributed by atoms with Crippen molar-refractivity contribution < 1.29 is 18.3 Å². The lowest BCUT2D eigenvalue weighted by atomic mass is 9.74. The van der Waals surface area contributed by atoms with Crippen LogP contribution in [0.1, 0.15) is 62.0 Å². The molecule has 224 valence electrons. The molecule has 9 nitrogen and oxygen atoms in total. The summed E-state index contributed by atoms with van der Waals surface area (Å²) >= 11 is 0. The van der Waals surface area contributed by atoms with E-state index in [1.165, 1.54) is 12.1 Å². The lowest BCUT2D eigenvalue weighted by molar-refractivity contribution is -0.0198. The molecule has 1 aliphatic heterocycles. The van der Waals surface area contributed by atoms with E-state index in [1.807, 2.05) is 6.07 Å². The molecule has 0 amide bonds. The van der Waals surface area contributed by atoms with Crippen molar-refractivity contribution >= 4 is 17.2 Å². The van der Waals surface area contributed by atoms with E-state index >= 15 is 8.78 Å². The van der Waals surface area contributed by atoms with Gasteiger partial charge in [-0.05, 0) is 84.9 Å². The number of nitrogens with two attached hydrogens (primary N) is 1. The van der Waals surface area contributed by atoms with Gasteiger partial charge >= 0.3 is 0 Å². The number of aromatic nitrogens is 4. The summed E-state index contributed by atoms with van der Waals surface area (Å²) in [5.74, 6) is -0.461. The minimum Gasteiger partial charge on any atom is -0.381 e. The molecule has 3 N–H and O–H groups in total. The quantitative estimate of drug-likeness (QED) is 0.246. The van der Waals surface area contributed by atoms with E-state index in [1.54, 1.807) is 35.2 Å². The molecule has 1 aliphatic carbocycles. The van der Waals surface area contributed by atoms with Gasteiger partial charge in [-0.2, -0.15) is 14.9 Å². The number of pyridine rings is 1. The summed E-state index contributed by atoms with van der Waals surface area (Å²) < 4.78 is 43.6. The van der Waals surface area contributed by atoms with Crippen LogP contribution >= 0.6 is 0 Å².